The summed E-state index contributed by atoms with van der Waals surface area (Å²) in [4.78, 5) is 13.2. The van der Waals surface area contributed by atoms with Gasteiger partial charge in [0.25, 0.3) is 0 Å². The standard InChI is InChI=1S/C23H30N2O4S/c1-15-11-17(3)22(18(4)12-15)24-23(26)19-7-6-10-25(14-19)30(27,28)20-8-9-21(29-5)16(2)13-20/h8-9,11-13,19H,6-7,10,14H2,1-5H3,(H,24,26)/t19-/m0/s1. The van der Waals surface area contributed by atoms with Gasteiger partial charge in [-0.1, -0.05) is 17.7 Å². The number of hydrogen-bond donors (Lipinski definition) is 1. The van der Waals surface area contributed by atoms with Crippen LogP contribution in [0.25, 0.3) is 0 Å². The molecular formula is C23H30N2O4S. The van der Waals surface area contributed by atoms with E-state index >= 15 is 0 Å². The summed E-state index contributed by atoms with van der Waals surface area (Å²) in [7, 11) is -2.12. The Morgan fingerprint density at radius 1 is 1.07 bits per heavy atom. The number of nitrogens with zero attached hydrogens (tertiary/aromatic N) is 1. The number of benzene rings is 2. The van der Waals surface area contributed by atoms with Crippen LogP contribution in [0.2, 0.25) is 0 Å². The Bertz CT molecular complexity index is 1040. The fourth-order valence-electron chi connectivity index (χ4n) is 4.14. The van der Waals surface area contributed by atoms with Crippen LogP contribution in [-0.4, -0.2) is 38.8 Å². The second-order valence-corrected chi connectivity index (χ2v) is 10.0. The van der Waals surface area contributed by atoms with Gasteiger partial charge in [0.2, 0.25) is 15.9 Å². The van der Waals surface area contributed by atoms with Crippen molar-refractivity contribution in [3.63, 3.8) is 0 Å². The first-order valence-electron chi connectivity index (χ1n) is 10.2. The molecule has 0 bridgehead atoms. The molecule has 2 aromatic carbocycles. The van der Waals surface area contributed by atoms with E-state index in [2.05, 4.69) is 5.32 Å². The fourth-order valence-corrected chi connectivity index (χ4v) is 5.75. The van der Waals surface area contributed by atoms with E-state index in [1.165, 1.54) is 4.31 Å². The van der Waals surface area contributed by atoms with E-state index in [0.29, 0.717) is 25.1 Å². The molecule has 162 valence electrons. The predicted octanol–water partition coefficient (Wildman–Crippen LogP) is 3.97. The van der Waals surface area contributed by atoms with Crippen LogP contribution in [-0.2, 0) is 14.8 Å². The molecular weight excluding hydrogens is 400 g/mol. The quantitative estimate of drug-likeness (QED) is 0.779. The third kappa shape index (κ3) is 4.52. The van der Waals surface area contributed by atoms with Crippen LogP contribution in [0, 0.1) is 33.6 Å². The second-order valence-electron chi connectivity index (χ2n) is 8.10. The lowest BCUT2D eigenvalue weighted by Gasteiger charge is -2.31. The average Bonchev–Trinajstić information content (AvgIpc) is 2.70. The Kier molecular flexibility index (Phi) is 6.53. The average molecular weight is 431 g/mol. The molecule has 3 rings (SSSR count). The Hall–Kier alpha value is -2.38. The number of sulfonamides is 1. The lowest BCUT2D eigenvalue weighted by Crippen LogP contribution is -2.43. The summed E-state index contributed by atoms with van der Waals surface area (Å²) in [5, 5.41) is 3.03. The van der Waals surface area contributed by atoms with Crippen molar-refractivity contribution in [3.8, 4) is 5.75 Å². The number of hydrogen-bond acceptors (Lipinski definition) is 4. The van der Waals surface area contributed by atoms with Crippen molar-refractivity contribution >= 4 is 21.6 Å². The number of carbonyl (C=O) groups is 1. The highest BCUT2D eigenvalue weighted by Gasteiger charge is 2.33. The SMILES string of the molecule is COc1ccc(S(=O)(=O)N2CCC[C@H](C(=O)Nc3c(C)cc(C)cc3C)C2)cc1C. The van der Waals surface area contributed by atoms with Gasteiger partial charge in [-0.3, -0.25) is 4.79 Å². The van der Waals surface area contributed by atoms with E-state index in [9.17, 15) is 13.2 Å². The molecule has 1 atom stereocenters. The maximum Gasteiger partial charge on any atom is 0.243 e. The summed E-state index contributed by atoms with van der Waals surface area (Å²) in [5.74, 6) is 0.137. The molecule has 1 aliphatic rings. The van der Waals surface area contributed by atoms with Crippen LogP contribution in [0.4, 0.5) is 5.69 Å². The van der Waals surface area contributed by atoms with Crippen molar-refractivity contribution in [2.24, 2.45) is 5.92 Å². The number of carbonyl (C=O) groups excluding carboxylic acids is 1. The number of ether oxygens (including phenoxy) is 1. The number of amides is 1. The molecule has 1 heterocycles. The van der Waals surface area contributed by atoms with Crippen LogP contribution < -0.4 is 10.1 Å². The largest absolute Gasteiger partial charge is 0.496 e. The lowest BCUT2D eigenvalue weighted by atomic mass is 9.98. The third-order valence-electron chi connectivity index (χ3n) is 5.68. The summed E-state index contributed by atoms with van der Waals surface area (Å²) in [6, 6.07) is 8.92. The summed E-state index contributed by atoms with van der Waals surface area (Å²) in [6.45, 7) is 8.38. The van der Waals surface area contributed by atoms with Crippen LogP contribution in [0.15, 0.2) is 35.2 Å². The van der Waals surface area contributed by atoms with Gasteiger partial charge in [0.1, 0.15) is 5.75 Å². The van der Waals surface area contributed by atoms with Crippen molar-refractivity contribution < 1.29 is 17.9 Å². The van der Waals surface area contributed by atoms with Crippen LogP contribution in [0.5, 0.6) is 5.75 Å². The molecule has 0 aliphatic carbocycles. The van der Waals surface area contributed by atoms with Crippen LogP contribution >= 0.6 is 0 Å². The van der Waals surface area contributed by atoms with Crippen LogP contribution in [0.1, 0.15) is 35.1 Å². The van der Waals surface area contributed by atoms with E-state index in [1.807, 2.05) is 39.8 Å². The predicted molar refractivity (Wildman–Crippen MR) is 118 cm³/mol. The zero-order valence-corrected chi connectivity index (χ0v) is 19.1. The molecule has 1 N–H and O–H groups in total. The Morgan fingerprint density at radius 3 is 2.33 bits per heavy atom. The van der Waals surface area contributed by atoms with E-state index in [0.717, 1.165) is 27.9 Å². The minimum atomic E-state index is -3.67. The van der Waals surface area contributed by atoms with Gasteiger partial charge in [0.05, 0.1) is 17.9 Å². The number of piperidine rings is 1. The Labute approximate surface area is 179 Å². The van der Waals surface area contributed by atoms with Gasteiger partial charge in [-0.25, -0.2) is 8.42 Å². The van der Waals surface area contributed by atoms with Crippen LogP contribution in [0.3, 0.4) is 0 Å². The van der Waals surface area contributed by atoms with Crippen molar-refractivity contribution in [2.75, 3.05) is 25.5 Å². The highest BCUT2D eigenvalue weighted by molar-refractivity contribution is 7.89. The third-order valence-corrected chi connectivity index (χ3v) is 7.55. The van der Waals surface area contributed by atoms with Gasteiger partial charge in [-0.2, -0.15) is 4.31 Å². The first-order chi connectivity index (χ1) is 14.1. The van der Waals surface area contributed by atoms with Gasteiger partial charge in [-0.15, -0.1) is 0 Å². The highest BCUT2D eigenvalue weighted by Crippen LogP contribution is 2.29. The van der Waals surface area contributed by atoms with Gasteiger partial charge in [0.15, 0.2) is 0 Å². The summed E-state index contributed by atoms with van der Waals surface area (Å²) in [5.41, 5.74) is 4.74. The summed E-state index contributed by atoms with van der Waals surface area (Å²) in [6.07, 6.45) is 1.32. The molecule has 6 nitrogen and oxygen atoms in total. The van der Waals surface area contributed by atoms with E-state index in [1.54, 1.807) is 25.3 Å². The molecule has 1 amide bonds. The smallest absolute Gasteiger partial charge is 0.243 e. The van der Waals surface area contributed by atoms with Crippen molar-refractivity contribution in [2.45, 2.75) is 45.4 Å². The van der Waals surface area contributed by atoms with Crippen molar-refractivity contribution in [1.82, 2.24) is 4.31 Å². The molecule has 0 aromatic heterocycles. The van der Waals surface area contributed by atoms with Gasteiger partial charge < -0.3 is 10.1 Å². The normalized spacial score (nSPS) is 17.6. The molecule has 1 saturated heterocycles. The highest BCUT2D eigenvalue weighted by atomic mass is 32.2. The van der Waals surface area contributed by atoms with Gasteiger partial charge in [0, 0.05) is 18.8 Å². The zero-order valence-electron chi connectivity index (χ0n) is 18.3. The molecule has 0 radical (unpaired) electrons. The molecule has 0 saturated carbocycles. The number of rotatable bonds is 5. The summed E-state index contributed by atoms with van der Waals surface area (Å²) >= 11 is 0. The monoisotopic (exact) mass is 430 g/mol. The lowest BCUT2D eigenvalue weighted by molar-refractivity contribution is -0.120. The molecule has 30 heavy (non-hydrogen) atoms. The fraction of sp³-hybridized carbons (Fsp3) is 0.435. The minimum Gasteiger partial charge on any atom is -0.496 e. The minimum absolute atomic E-state index is 0.129. The number of methoxy groups -OCH3 is 1. The van der Waals surface area contributed by atoms with Crippen molar-refractivity contribution in [3.05, 3.63) is 52.6 Å². The van der Waals surface area contributed by atoms with Gasteiger partial charge in [-0.05, 0) is 75.4 Å². The van der Waals surface area contributed by atoms with E-state index < -0.39 is 10.0 Å². The Balaban J connectivity index is 1.78. The molecule has 0 unspecified atom stereocenters. The Morgan fingerprint density at radius 2 is 1.73 bits per heavy atom. The van der Waals surface area contributed by atoms with E-state index in [4.69, 9.17) is 4.74 Å². The van der Waals surface area contributed by atoms with Crippen molar-refractivity contribution in [1.29, 1.82) is 0 Å². The molecule has 2 aromatic rings. The number of aryl methyl sites for hydroxylation is 4. The molecule has 1 aliphatic heterocycles. The zero-order chi connectivity index (χ0) is 22.1. The first-order valence-corrected chi connectivity index (χ1v) is 11.6. The number of nitrogens with one attached hydrogen (secondary N) is 1. The first kappa shape index (κ1) is 22.3. The number of anilines is 1. The maximum atomic E-state index is 13.2. The van der Waals surface area contributed by atoms with E-state index in [-0.39, 0.29) is 23.3 Å². The van der Waals surface area contributed by atoms with Gasteiger partial charge >= 0.3 is 0 Å². The summed E-state index contributed by atoms with van der Waals surface area (Å²) < 4.78 is 33.0. The molecule has 1 fully saturated rings. The topological polar surface area (TPSA) is 75.7 Å². The molecule has 7 heteroatoms. The molecule has 0 spiro atoms. The maximum absolute atomic E-state index is 13.2. The second kappa shape index (κ2) is 8.78.